The maximum Gasteiger partial charge on any atom is 0.115 e. The van der Waals surface area contributed by atoms with Crippen LogP contribution in [0, 0.1) is 5.92 Å². The number of nitrogens with one attached hydrogen (secondary N) is 1. The predicted octanol–water partition coefficient (Wildman–Crippen LogP) is 1.69. The molecule has 0 saturated heterocycles. The van der Waals surface area contributed by atoms with E-state index in [1.165, 1.54) is 19.3 Å². The Morgan fingerprint density at radius 2 is 2.08 bits per heavy atom. The van der Waals surface area contributed by atoms with Crippen molar-refractivity contribution in [2.75, 3.05) is 11.9 Å². The van der Waals surface area contributed by atoms with Gasteiger partial charge in [-0.15, -0.1) is 0 Å². The van der Waals surface area contributed by atoms with Gasteiger partial charge in [0.15, 0.2) is 0 Å². The van der Waals surface area contributed by atoms with Gasteiger partial charge in [-0.05, 0) is 18.8 Å². The zero-order valence-electron chi connectivity index (χ0n) is 7.03. The molecule has 0 aromatic carbocycles. The van der Waals surface area contributed by atoms with E-state index in [2.05, 4.69) is 15.3 Å². The summed E-state index contributed by atoms with van der Waals surface area (Å²) in [5.41, 5.74) is 1.03. The average molecular weight is 163 g/mol. The van der Waals surface area contributed by atoms with Gasteiger partial charge in [0.05, 0.1) is 18.1 Å². The molecule has 64 valence electrons. The van der Waals surface area contributed by atoms with E-state index in [4.69, 9.17) is 0 Å². The summed E-state index contributed by atoms with van der Waals surface area (Å²) in [6, 6.07) is 0. The third-order valence-corrected chi connectivity index (χ3v) is 2.38. The maximum absolute atomic E-state index is 3.93. The van der Waals surface area contributed by atoms with Crippen LogP contribution >= 0.6 is 0 Å². The number of rotatable bonds is 3. The third kappa shape index (κ3) is 1.72. The minimum Gasteiger partial charge on any atom is -0.382 e. The molecule has 0 aliphatic heterocycles. The van der Waals surface area contributed by atoms with Gasteiger partial charge in [0.25, 0.3) is 0 Å². The second kappa shape index (κ2) is 3.52. The van der Waals surface area contributed by atoms with Crippen molar-refractivity contribution in [3.8, 4) is 0 Å². The minimum atomic E-state index is 0.880. The molecule has 3 heteroatoms. The van der Waals surface area contributed by atoms with Crippen LogP contribution in [0.25, 0.3) is 0 Å². The van der Waals surface area contributed by atoms with E-state index in [0.717, 1.165) is 18.2 Å². The molecule has 0 amide bonds. The molecular weight excluding hydrogens is 150 g/mol. The highest BCUT2D eigenvalue weighted by atomic mass is 14.9. The largest absolute Gasteiger partial charge is 0.382 e. The van der Waals surface area contributed by atoms with Crippen LogP contribution < -0.4 is 5.32 Å². The maximum atomic E-state index is 3.93. The lowest BCUT2D eigenvalue weighted by molar-refractivity contribution is 0.333. The van der Waals surface area contributed by atoms with Crippen molar-refractivity contribution >= 4 is 5.69 Å². The molecule has 1 fully saturated rings. The van der Waals surface area contributed by atoms with Crippen LogP contribution in [0.3, 0.4) is 0 Å². The molecule has 2 rings (SSSR count). The van der Waals surface area contributed by atoms with Crippen LogP contribution in [0.5, 0.6) is 0 Å². The smallest absolute Gasteiger partial charge is 0.115 e. The fraction of sp³-hybridized carbons (Fsp3) is 0.556. The Balaban J connectivity index is 1.79. The van der Waals surface area contributed by atoms with Crippen molar-refractivity contribution in [3.63, 3.8) is 0 Å². The van der Waals surface area contributed by atoms with Crippen molar-refractivity contribution in [2.45, 2.75) is 19.3 Å². The fourth-order valence-electron chi connectivity index (χ4n) is 1.35. The summed E-state index contributed by atoms with van der Waals surface area (Å²) in [6.07, 6.45) is 9.32. The summed E-state index contributed by atoms with van der Waals surface area (Å²) in [5, 5.41) is 3.32. The zero-order chi connectivity index (χ0) is 8.23. The highest BCUT2D eigenvalue weighted by Crippen LogP contribution is 2.26. The van der Waals surface area contributed by atoms with E-state index < -0.39 is 0 Å². The van der Waals surface area contributed by atoms with Crippen LogP contribution in [0.2, 0.25) is 0 Å². The SMILES string of the molecule is c1ncc(NCC2CCC2)cn1. The number of hydrogen-bond acceptors (Lipinski definition) is 3. The first-order chi connectivity index (χ1) is 5.95. The summed E-state index contributed by atoms with van der Waals surface area (Å²) in [6.45, 7) is 1.08. The van der Waals surface area contributed by atoms with E-state index in [0.29, 0.717) is 0 Å². The second-order valence-corrected chi connectivity index (χ2v) is 3.30. The number of aromatic nitrogens is 2. The Kier molecular flexibility index (Phi) is 2.21. The Bertz CT molecular complexity index is 231. The van der Waals surface area contributed by atoms with Gasteiger partial charge < -0.3 is 5.32 Å². The van der Waals surface area contributed by atoms with E-state index in [1.54, 1.807) is 6.33 Å². The highest BCUT2D eigenvalue weighted by Gasteiger charge is 2.16. The molecule has 1 heterocycles. The van der Waals surface area contributed by atoms with E-state index in [9.17, 15) is 0 Å². The average Bonchev–Trinajstić information content (AvgIpc) is 2.04. The lowest BCUT2D eigenvalue weighted by atomic mass is 9.85. The first-order valence-corrected chi connectivity index (χ1v) is 4.44. The molecule has 12 heavy (non-hydrogen) atoms. The summed E-state index contributed by atoms with van der Waals surface area (Å²) in [5.74, 6) is 0.880. The normalized spacial score (nSPS) is 17.0. The van der Waals surface area contributed by atoms with Crippen LogP contribution in [0.15, 0.2) is 18.7 Å². The molecule has 0 radical (unpaired) electrons. The van der Waals surface area contributed by atoms with Gasteiger partial charge in [-0.25, -0.2) is 9.97 Å². The summed E-state index contributed by atoms with van der Waals surface area (Å²) < 4.78 is 0. The Morgan fingerprint density at radius 3 is 2.67 bits per heavy atom. The quantitative estimate of drug-likeness (QED) is 0.736. The van der Waals surface area contributed by atoms with Gasteiger partial charge in [-0.1, -0.05) is 6.42 Å². The molecule has 1 aliphatic rings. The molecule has 1 aromatic heterocycles. The third-order valence-electron chi connectivity index (χ3n) is 2.38. The standard InChI is InChI=1S/C9H13N3/c1-2-8(3-1)4-12-9-5-10-7-11-6-9/h5-8,12H,1-4H2. The fourth-order valence-corrected chi connectivity index (χ4v) is 1.35. The summed E-state index contributed by atoms with van der Waals surface area (Å²) in [4.78, 5) is 7.87. The van der Waals surface area contributed by atoms with Crippen LogP contribution in [0.4, 0.5) is 5.69 Å². The van der Waals surface area contributed by atoms with E-state index in [-0.39, 0.29) is 0 Å². The molecule has 1 N–H and O–H groups in total. The van der Waals surface area contributed by atoms with Gasteiger partial charge in [0.2, 0.25) is 0 Å². The molecular formula is C9H13N3. The first-order valence-electron chi connectivity index (χ1n) is 4.44. The van der Waals surface area contributed by atoms with Gasteiger partial charge in [-0.3, -0.25) is 0 Å². The summed E-state index contributed by atoms with van der Waals surface area (Å²) >= 11 is 0. The first kappa shape index (κ1) is 7.53. The van der Waals surface area contributed by atoms with Crippen LogP contribution in [-0.2, 0) is 0 Å². The van der Waals surface area contributed by atoms with Gasteiger partial charge >= 0.3 is 0 Å². The molecule has 1 aromatic rings. The molecule has 0 spiro atoms. The molecule has 0 atom stereocenters. The summed E-state index contributed by atoms with van der Waals surface area (Å²) in [7, 11) is 0. The van der Waals surface area contributed by atoms with E-state index >= 15 is 0 Å². The molecule has 0 unspecified atom stereocenters. The Morgan fingerprint density at radius 1 is 1.33 bits per heavy atom. The highest BCUT2D eigenvalue weighted by molar-refractivity contribution is 5.36. The van der Waals surface area contributed by atoms with Crippen molar-refractivity contribution in [3.05, 3.63) is 18.7 Å². The molecule has 1 aliphatic carbocycles. The Labute approximate surface area is 72.2 Å². The second-order valence-electron chi connectivity index (χ2n) is 3.30. The van der Waals surface area contributed by atoms with Gasteiger partial charge in [0, 0.05) is 6.54 Å². The van der Waals surface area contributed by atoms with Crippen molar-refractivity contribution in [1.29, 1.82) is 0 Å². The predicted molar refractivity (Wildman–Crippen MR) is 47.9 cm³/mol. The molecule has 1 saturated carbocycles. The van der Waals surface area contributed by atoms with Gasteiger partial charge in [-0.2, -0.15) is 0 Å². The van der Waals surface area contributed by atoms with Crippen LogP contribution in [-0.4, -0.2) is 16.5 Å². The topological polar surface area (TPSA) is 37.8 Å². The number of anilines is 1. The van der Waals surface area contributed by atoms with E-state index in [1.807, 2.05) is 12.4 Å². The van der Waals surface area contributed by atoms with Crippen LogP contribution in [0.1, 0.15) is 19.3 Å². The Hall–Kier alpha value is -1.12. The zero-order valence-corrected chi connectivity index (χ0v) is 7.03. The van der Waals surface area contributed by atoms with Crippen molar-refractivity contribution < 1.29 is 0 Å². The monoisotopic (exact) mass is 163 g/mol. The van der Waals surface area contributed by atoms with Crippen molar-refractivity contribution in [1.82, 2.24) is 9.97 Å². The lowest BCUT2D eigenvalue weighted by Crippen LogP contribution is -2.20. The lowest BCUT2D eigenvalue weighted by Gasteiger charge is -2.25. The number of hydrogen-bond donors (Lipinski definition) is 1. The number of nitrogens with zero attached hydrogens (tertiary/aromatic N) is 2. The molecule has 3 nitrogen and oxygen atoms in total. The van der Waals surface area contributed by atoms with Crippen molar-refractivity contribution in [2.24, 2.45) is 5.92 Å². The molecule has 0 bridgehead atoms. The van der Waals surface area contributed by atoms with Gasteiger partial charge in [0.1, 0.15) is 6.33 Å². The minimum absolute atomic E-state index is 0.880.